The molecule has 30 heavy (non-hydrogen) atoms. The zero-order valence-corrected chi connectivity index (χ0v) is 19.1. The van der Waals surface area contributed by atoms with Crippen molar-refractivity contribution in [3.05, 3.63) is 63.1 Å². The number of aryl methyl sites for hydroxylation is 2. The minimum Gasteiger partial charge on any atom is -0.385 e. The molecule has 0 aliphatic carbocycles. The third-order valence-corrected chi connectivity index (χ3v) is 7.16. The van der Waals surface area contributed by atoms with Gasteiger partial charge in [-0.15, -0.1) is 0 Å². The number of rotatable bonds is 6. The molecule has 2 aliphatic heterocycles. The molecule has 2 atom stereocenters. The van der Waals surface area contributed by atoms with Crippen molar-refractivity contribution in [1.29, 1.82) is 0 Å². The maximum Gasteiger partial charge on any atom is 0.255 e. The van der Waals surface area contributed by atoms with E-state index in [4.69, 9.17) is 23.2 Å². The maximum absolute atomic E-state index is 13.0. The molecule has 2 unspecified atom stereocenters. The zero-order valence-electron chi connectivity index (χ0n) is 17.6. The lowest BCUT2D eigenvalue weighted by Gasteiger charge is -2.22. The first-order valence-corrected chi connectivity index (χ1v) is 11.4. The predicted molar refractivity (Wildman–Crippen MR) is 125 cm³/mol. The highest BCUT2D eigenvalue weighted by molar-refractivity contribution is 6.34. The zero-order chi connectivity index (χ0) is 21.3. The summed E-state index contributed by atoms with van der Waals surface area (Å²) >= 11 is 12.5. The number of hydrogen-bond acceptors (Lipinski definition) is 3. The van der Waals surface area contributed by atoms with Gasteiger partial charge in [-0.1, -0.05) is 41.4 Å². The molecule has 0 radical (unpaired) electrons. The molecule has 2 saturated heterocycles. The number of anilines is 1. The molecule has 0 spiro atoms. The van der Waals surface area contributed by atoms with Crippen LogP contribution in [0.4, 0.5) is 5.69 Å². The lowest BCUT2D eigenvalue weighted by Crippen LogP contribution is -2.34. The first-order valence-electron chi connectivity index (χ1n) is 10.7. The van der Waals surface area contributed by atoms with Crippen molar-refractivity contribution in [1.82, 2.24) is 9.80 Å². The summed E-state index contributed by atoms with van der Waals surface area (Å²) in [7, 11) is 0. The molecule has 0 saturated carbocycles. The summed E-state index contributed by atoms with van der Waals surface area (Å²) in [6.45, 7) is 9.81. The quantitative estimate of drug-likeness (QED) is 0.626. The van der Waals surface area contributed by atoms with E-state index < -0.39 is 0 Å². The van der Waals surface area contributed by atoms with Gasteiger partial charge in [-0.05, 0) is 68.0 Å². The fourth-order valence-electron chi connectivity index (χ4n) is 4.74. The fraction of sp³-hybridized carbons (Fsp3) is 0.458. The van der Waals surface area contributed by atoms with E-state index in [2.05, 4.69) is 16.3 Å². The summed E-state index contributed by atoms with van der Waals surface area (Å²) in [6, 6.07) is 11.8. The summed E-state index contributed by atoms with van der Waals surface area (Å²) in [6.07, 6.45) is 1.09. The molecule has 4 rings (SSSR count). The normalized spacial score (nSPS) is 21.1. The number of hydrogen-bond donors (Lipinski definition) is 1. The summed E-state index contributed by atoms with van der Waals surface area (Å²) in [4.78, 5) is 17.5. The van der Waals surface area contributed by atoms with Gasteiger partial charge in [0, 0.05) is 43.4 Å². The van der Waals surface area contributed by atoms with E-state index in [9.17, 15) is 4.79 Å². The Kier molecular flexibility index (Phi) is 6.57. The number of fused-ring (bicyclic) bond motifs is 1. The number of carbonyl (C=O) groups is 1. The first-order chi connectivity index (χ1) is 14.4. The van der Waals surface area contributed by atoms with Crippen LogP contribution in [0.3, 0.4) is 0 Å². The van der Waals surface area contributed by atoms with E-state index in [1.54, 1.807) is 6.07 Å². The van der Waals surface area contributed by atoms with Gasteiger partial charge in [0.2, 0.25) is 0 Å². The lowest BCUT2D eigenvalue weighted by atomic mass is 10.0. The summed E-state index contributed by atoms with van der Waals surface area (Å²) < 4.78 is 0. The Morgan fingerprint density at radius 3 is 2.40 bits per heavy atom. The van der Waals surface area contributed by atoms with Gasteiger partial charge in [0.25, 0.3) is 5.91 Å². The second kappa shape index (κ2) is 9.17. The van der Waals surface area contributed by atoms with E-state index in [0.717, 1.165) is 67.5 Å². The Labute approximate surface area is 189 Å². The molecule has 2 aromatic carbocycles. The van der Waals surface area contributed by atoms with Gasteiger partial charge in [0.05, 0.1) is 10.6 Å². The van der Waals surface area contributed by atoms with Crippen LogP contribution in [-0.4, -0.2) is 55.0 Å². The van der Waals surface area contributed by atoms with Crippen LogP contribution >= 0.6 is 23.2 Å². The van der Waals surface area contributed by atoms with Crippen LogP contribution in [-0.2, 0) is 0 Å². The van der Waals surface area contributed by atoms with Gasteiger partial charge in [-0.3, -0.25) is 4.79 Å². The monoisotopic (exact) mass is 445 g/mol. The van der Waals surface area contributed by atoms with E-state index in [1.807, 2.05) is 43.0 Å². The molecule has 1 N–H and O–H groups in total. The van der Waals surface area contributed by atoms with Crippen molar-refractivity contribution in [3.8, 4) is 0 Å². The molecule has 2 aromatic rings. The predicted octanol–water partition coefficient (Wildman–Crippen LogP) is 5.12. The number of nitrogens with one attached hydrogen (secondary N) is 1. The van der Waals surface area contributed by atoms with Crippen LogP contribution in [0, 0.1) is 25.7 Å². The van der Waals surface area contributed by atoms with E-state index >= 15 is 0 Å². The van der Waals surface area contributed by atoms with Crippen molar-refractivity contribution in [2.75, 3.05) is 44.6 Å². The molecule has 160 valence electrons. The largest absolute Gasteiger partial charge is 0.385 e. The van der Waals surface area contributed by atoms with Crippen LogP contribution < -0.4 is 5.32 Å². The first kappa shape index (κ1) is 21.5. The topological polar surface area (TPSA) is 35.6 Å². The number of carbonyl (C=O) groups excluding carboxylic acids is 1. The number of benzene rings is 2. The molecule has 0 aromatic heterocycles. The molecule has 4 nitrogen and oxygen atoms in total. The maximum atomic E-state index is 13.0. The number of nitrogens with zero attached hydrogens (tertiary/aromatic N) is 2. The summed E-state index contributed by atoms with van der Waals surface area (Å²) in [5.74, 6) is 1.22. The molecular weight excluding hydrogens is 417 g/mol. The highest BCUT2D eigenvalue weighted by Gasteiger charge is 2.41. The van der Waals surface area contributed by atoms with Crippen molar-refractivity contribution in [2.45, 2.75) is 20.3 Å². The Morgan fingerprint density at radius 2 is 1.73 bits per heavy atom. The lowest BCUT2D eigenvalue weighted by molar-refractivity contribution is 0.0773. The molecule has 0 bridgehead atoms. The SMILES string of the molecule is Cc1ccc(NCCCN2CC3CN(C(=O)c4c(C)cccc4Cl)CC3C2)cc1Cl. The second-order valence-corrected chi connectivity index (χ2v) is 9.48. The number of halogens is 2. The van der Waals surface area contributed by atoms with Gasteiger partial charge in [0.1, 0.15) is 0 Å². The molecule has 1 amide bonds. The second-order valence-electron chi connectivity index (χ2n) is 8.67. The molecule has 2 fully saturated rings. The van der Waals surface area contributed by atoms with Crippen LogP contribution in [0.15, 0.2) is 36.4 Å². The minimum atomic E-state index is 0.0833. The summed E-state index contributed by atoms with van der Waals surface area (Å²) in [5.41, 5.74) is 3.79. The number of amides is 1. The van der Waals surface area contributed by atoms with Crippen LogP contribution in [0.5, 0.6) is 0 Å². The Hall–Kier alpha value is -1.75. The van der Waals surface area contributed by atoms with Gasteiger partial charge >= 0.3 is 0 Å². The van der Waals surface area contributed by atoms with Gasteiger partial charge < -0.3 is 15.1 Å². The Balaban J connectivity index is 1.23. The minimum absolute atomic E-state index is 0.0833. The van der Waals surface area contributed by atoms with Crippen LogP contribution in [0.25, 0.3) is 0 Å². The average molecular weight is 446 g/mol. The third kappa shape index (κ3) is 4.61. The van der Waals surface area contributed by atoms with Crippen molar-refractivity contribution >= 4 is 34.8 Å². The smallest absolute Gasteiger partial charge is 0.255 e. The molecule has 2 heterocycles. The van der Waals surface area contributed by atoms with Gasteiger partial charge in [-0.25, -0.2) is 0 Å². The van der Waals surface area contributed by atoms with E-state index in [1.165, 1.54) is 0 Å². The highest BCUT2D eigenvalue weighted by atomic mass is 35.5. The molecule has 6 heteroatoms. The average Bonchev–Trinajstić information content (AvgIpc) is 3.26. The standard InChI is InChI=1S/C24H29Cl2N3O/c1-16-7-8-20(11-22(16)26)27-9-4-10-28-12-18-14-29(15-19(18)13-28)24(30)23-17(2)5-3-6-21(23)25/h3,5-8,11,18-19,27H,4,9-10,12-15H2,1-2H3. The third-order valence-electron chi connectivity index (χ3n) is 6.44. The highest BCUT2D eigenvalue weighted by Crippen LogP contribution is 2.33. The Bertz CT molecular complexity index is 898. The fourth-order valence-corrected chi connectivity index (χ4v) is 5.22. The van der Waals surface area contributed by atoms with E-state index in [0.29, 0.717) is 22.4 Å². The number of likely N-dealkylation sites (tertiary alicyclic amines) is 2. The van der Waals surface area contributed by atoms with Gasteiger partial charge in [-0.2, -0.15) is 0 Å². The molecular formula is C24H29Cl2N3O. The van der Waals surface area contributed by atoms with Gasteiger partial charge in [0.15, 0.2) is 0 Å². The van der Waals surface area contributed by atoms with Crippen LogP contribution in [0.1, 0.15) is 27.9 Å². The Morgan fingerprint density at radius 1 is 1.00 bits per heavy atom. The van der Waals surface area contributed by atoms with Crippen LogP contribution in [0.2, 0.25) is 10.0 Å². The van der Waals surface area contributed by atoms with Crippen molar-refractivity contribution in [3.63, 3.8) is 0 Å². The molecule has 2 aliphatic rings. The summed E-state index contributed by atoms with van der Waals surface area (Å²) in [5, 5.41) is 4.82. The van der Waals surface area contributed by atoms with Crippen molar-refractivity contribution < 1.29 is 4.79 Å². The van der Waals surface area contributed by atoms with E-state index in [-0.39, 0.29) is 5.91 Å². The van der Waals surface area contributed by atoms with Crippen molar-refractivity contribution in [2.24, 2.45) is 11.8 Å².